The third kappa shape index (κ3) is 5.55. The van der Waals surface area contributed by atoms with E-state index in [2.05, 4.69) is 18.4 Å². The van der Waals surface area contributed by atoms with E-state index in [0.29, 0.717) is 16.3 Å². The molecule has 0 aliphatic carbocycles. The number of hydrogen-bond donors (Lipinski definition) is 0. The van der Waals surface area contributed by atoms with Crippen LogP contribution in [-0.4, -0.2) is 6.61 Å². The molecule has 0 unspecified atom stereocenters. The second-order valence-corrected chi connectivity index (χ2v) is 7.98. The number of aryl methyl sites for hydroxylation is 1. The van der Waals surface area contributed by atoms with Crippen LogP contribution in [0.25, 0.3) is 10.8 Å². The van der Waals surface area contributed by atoms with Crippen molar-refractivity contribution < 1.29 is 31.1 Å². The Hall–Kier alpha value is -4.18. The zero-order valence-corrected chi connectivity index (χ0v) is 18.8. The molecule has 0 bridgehead atoms. The van der Waals surface area contributed by atoms with Crippen LogP contribution >= 0.6 is 0 Å². The molecule has 0 saturated carbocycles. The van der Waals surface area contributed by atoms with E-state index in [-0.39, 0.29) is 36.3 Å². The van der Waals surface area contributed by atoms with Crippen molar-refractivity contribution in [2.45, 2.75) is 12.8 Å². The Kier molecular flexibility index (Phi) is 7.35. The van der Waals surface area contributed by atoms with Gasteiger partial charge in [0.25, 0.3) is 0 Å². The van der Waals surface area contributed by atoms with Gasteiger partial charge in [-0.1, -0.05) is 30.6 Å². The van der Waals surface area contributed by atoms with Gasteiger partial charge in [-0.3, -0.25) is 0 Å². The maximum Gasteiger partial charge on any atom is 0.159 e. The van der Waals surface area contributed by atoms with Gasteiger partial charge in [0.2, 0.25) is 0 Å². The minimum Gasteiger partial charge on any atom is -0.489 e. The van der Waals surface area contributed by atoms with Crippen molar-refractivity contribution in [3.63, 3.8) is 0 Å². The molecular weight excluding hydrogens is 478 g/mol. The lowest BCUT2D eigenvalue weighted by atomic mass is 10.0. The molecule has 4 rings (SSSR count). The highest BCUT2D eigenvalue weighted by atomic mass is 19.2. The lowest BCUT2D eigenvalue weighted by molar-refractivity contribution is 0.357. The predicted molar refractivity (Wildman–Crippen MR) is 126 cm³/mol. The third-order valence-electron chi connectivity index (χ3n) is 5.46. The van der Waals surface area contributed by atoms with Crippen molar-refractivity contribution in [1.82, 2.24) is 0 Å². The van der Waals surface area contributed by atoms with Gasteiger partial charge in [0.1, 0.15) is 35.6 Å². The molecule has 0 spiro atoms. The van der Waals surface area contributed by atoms with Crippen LogP contribution in [0.2, 0.25) is 0 Å². The van der Waals surface area contributed by atoms with Gasteiger partial charge >= 0.3 is 0 Å². The zero-order valence-electron chi connectivity index (χ0n) is 18.8. The fourth-order valence-corrected chi connectivity index (χ4v) is 3.67. The molecule has 0 heterocycles. The summed E-state index contributed by atoms with van der Waals surface area (Å²) >= 11 is 0. The molecule has 0 N–H and O–H groups in total. The smallest absolute Gasteiger partial charge is 0.159 e. The van der Waals surface area contributed by atoms with Gasteiger partial charge in [-0.15, -0.1) is 0 Å². The number of halogens is 6. The summed E-state index contributed by atoms with van der Waals surface area (Å²) in [6, 6.07) is 10.8. The molecule has 0 saturated heterocycles. The van der Waals surface area contributed by atoms with Crippen molar-refractivity contribution >= 4 is 10.8 Å². The number of fused-ring (bicyclic) bond motifs is 1. The van der Waals surface area contributed by atoms with E-state index >= 15 is 0 Å². The molecule has 36 heavy (non-hydrogen) atoms. The monoisotopic (exact) mass is 496 g/mol. The van der Waals surface area contributed by atoms with Crippen LogP contribution in [0.4, 0.5) is 26.3 Å². The highest BCUT2D eigenvalue weighted by molar-refractivity contribution is 5.84. The van der Waals surface area contributed by atoms with Crippen molar-refractivity contribution in [3.05, 3.63) is 124 Å². The van der Waals surface area contributed by atoms with E-state index in [1.165, 1.54) is 24.3 Å². The van der Waals surface area contributed by atoms with E-state index in [1.807, 2.05) is 0 Å². The first-order valence-corrected chi connectivity index (χ1v) is 10.9. The Balaban J connectivity index is 1.52. The van der Waals surface area contributed by atoms with Crippen LogP contribution in [0.1, 0.15) is 22.3 Å². The lowest BCUT2D eigenvalue weighted by Crippen LogP contribution is -2.03. The fraction of sp³-hybridized carbons (Fsp3) is 0.103. The van der Waals surface area contributed by atoms with Gasteiger partial charge in [0, 0.05) is 23.3 Å². The summed E-state index contributed by atoms with van der Waals surface area (Å²) in [4.78, 5) is 0. The van der Waals surface area contributed by atoms with E-state index in [4.69, 9.17) is 4.74 Å². The Labute approximate surface area is 203 Å². The molecule has 0 aromatic heterocycles. The van der Waals surface area contributed by atoms with Crippen LogP contribution < -0.4 is 4.74 Å². The second kappa shape index (κ2) is 10.6. The van der Waals surface area contributed by atoms with Gasteiger partial charge in [-0.05, 0) is 65.6 Å². The topological polar surface area (TPSA) is 9.23 Å². The van der Waals surface area contributed by atoms with Gasteiger partial charge < -0.3 is 4.74 Å². The molecule has 0 aliphatic heterocycles. The maximum absolute atomic E-state index is 14.6. The molecule has 4 aromatic carbocycles. The summed E-state index contributed by atoms with van der Waals surface area (Å²) < 4.78 is 89.8. The molecule has 0 amide bonds. The van der Waals surface area contributed by atoms with Crippen molar-refractivity contribution in [2.75, 3.05) is 6.61 Å². The summed E-state index contributed by atoms with van der Waals surface area (Å²) in [5.74, 6) is -0.454. The Morgan fingerprint density at radius 2 is 1.31 bits per heavy atom. The molecule has 0 fully saturated rings. The summed E-state index contributed by atoms with van der Waals surface area (Å²) in [7, 11) is 0. The van der Waals surface area contributed by atoms with Gasteiger partial charge in [-0.25, -0.2) is 26.3 Å². The quantitative estimate of drug-likeness (QED) is 0.153. The normalized spacial score (nSPS) is 10.7. The van der Waals surface area contributed by atoms with Gasteiger partial charge in [-0.2, -0.15) is 0 Å². The Morgan fingerprint density at radius 3 is 1.94 bits per heavy atom. The number of benzene rings is 4. The highest BCUT2D eigenvalue weighted by Gasteiger charge is 2.14. The SMILES string of the molecule is C=CCOc1cc(F)c(CCc2cc(F)c(C#Cc3ccc4cc(F)c(F)cc4c3)c(F)c2)c(F)c1. The molecule has 7 heteroatoms. The summed E-state index contributed by atoms with van der Waals surface area (Å²) in [6.07, 6.45) is 1.29. The standard InChI is InChI=1S/C29H18F6O/c1-2-9-36-21-15-26(32)23(27(33)16-21)8-5-18-11-24(30)22(25(31)12-18)7-4-17-3-6-19-13-28(34)29(35)14-20(19)10-17/h2-3,6,10-16H,1,5,8-9H2. The second-order valence-electron chi connectivity index (χ2n) is 7.98. The largest absolute Gasteiger partial charge is 0.489 e. The number of hydrogen-bond acceptors (Lipinski definition) is 1. The number of ether oxygens (including phenoxy) is 1. The molecular formula is C29H18F6O. The van der Waals surface area contributed by atoms with Gasteiger partial charge in [0.15, 0.2) is 11.6 Å². The molecule has 182 valence electrons. The average molecular weight is 496 g/mol. The van der Waals surface area contributed by atoms with Crippen molar-refractivity contribution in [1.29, 1.82) is 0 Å². The third-order valence-corrected chi connectivity index (χ3v) is 5.46. The molecule has 1 nitrogen and oxygen atoms in total. The van der Waals surface area contributed by atoms with E-state index in [0.717, 1.165) is 36.4 Å². The van der Waals surface area contributed by atoms with Crippen molar-refractivity contribution in [2.24, 2.45) is 0 Å². The van der Waals surface area contributed by atoms with E-state index in [9.17, 15) is 26.3 Å². The Morgan fingerprint density at radius 1 is 0.667 bits per heavy atom. The van der Waals surface area contributed by atoms with Crippen LogP contribution in [0.3, 0.4) is 0 Å². The first kappa shape index (κ1) is 24.9. The highest BCUT2D eigenvalue weighted by Crippen LogP contribution is 2.24. The minimum atomic E-state index is -1.02. The minimum absolute atomic E-state index is 0.0115. The van der Waals surface area contributed by atoms with Crippen LogP contribution in [0.15, 0.2) is 67.3 Å². The van der Waals surface area contributed by atoms with Crippen LogP contribution in [-0.2, 0) is 12.8 Å². The number of rotatable bonds is 6. The molecule has 0 radical (unpaired) electrons. The van der Waals surface area contributed by atoms with Gasteiger partial charge in [0.05, 0.1) is 5.56 Å². The summed E-state index contributed by atoms with van der Waals surface area (Å²) in [6.45, 7) is 3.55. The predicted octanol–water partition coefficient (Wildman–Crippen LogP) is 7.42. The summed E-state index contributed by atoms with van der Waals surface area (Å²) in [5.41, 5.74) is -0.157. The fourth-order valence-electron chi connectivity index (χ4n) is 3.67. The average Bonchev–Trinajstić information content (AvgIpc) is 2.82. The Bertz CT molecular complexity index is 1480. The summed E-state index contributed by atoms with van der Waals surface area (Å²) in [5, 5.41) is 0.838. The molecule has 0 aliphatic rings. The molecule has 0 atom stereocenters. The van der Waals surface area contributed by atoms with E-state index in [1.54, 1.807) is 0 Å². The first-order valence-electron chi connectivity index (χ1n) is 10.9. The zero-order chi connectivity index (χ0) is 25.8. The molecule has 4 aromatic rings. The van der Waals surface area contributed by atoms with Crippen LogP contribution in [0.5, 0.6) is 5.75 Å². The van der Waals surface area contributed by atoms with Crippen molar-refractivity contribution in [3.8, 4) is 17.6 Å². The van der Waals surface area contributed by atoms with E-state index < -0.39 is 40.5 Å². The maximum atomic E-state index is 14.6. The first-order chi connectivity index (χ1) is 17.2. The van der Waals surface area contributed by atoms with Crippen LogP contribution in [0, 0.1) is 46.7 Å². The lowest BCUT2D eigenvalue weighted by Gasteiger charge is -2.09.